The molecule has 2 fully saturated rings. The minimum Gasteiger partial charge on any atom is -0.377 e. The van der Waals surface area contributed by atoms with Crippen LogP contribution in [-0.2, 0) is 20.4 Å². The molecule has 0 spiro atoms. The lowest BCUT2D eigenvalue weighted by Gasteiger charge is -2.35. The fourth-order valence-electron chi connectivity index (χ4n) is 4.97. The number of morpholine rings is 1. The number of hydrogen-bond donors (Lipinski definition) is 2. The van der Waals surface area contributed by atoms with Crippen molar-refractivity contribution in [3.8, 4) is 11.4 Å². The number of anilines is 2. The van der Waals surface area contributed by atoms with E-state index in [1.165, 1.54) is 0 Å². The second-order valence-corrected chi connectivity index (χ2v) is 11.4. The van der Waals surface area contributed by atoms with Gasteiger partial charge < -0.3 is 20.3 Å². The third-order valence-corrected chi connectivity index (χ3v) is 8.21. The molecule has 12 heteroatoms. The van der Waals surface area contributed by atoms with Gasteiger partial charge in [0.15, 0.2) is 5.82 Å². The molecule has 1 saturated carbocycles. The SMILES string of the molecule is C[C@H]1COCCN1c1cc(C(C)(C=S(=O)=O)c2cc(F)cc(F)c2)nc(-c2ccc(NC(=O)NC3CCC3)cc2)n1. The lowest BCUT2D eigenvalue weighted by atomic mass is 9.81. The van der Waals surface area contributed by atoms with E-state index >= 15 is 0 Å². The van der Waals surface area contributed by atoms with Crippen LogP contribution in [0.2, 0.25) is 0 Å². The van der Waals surface area contributed by atoms with Gasteiger partial charge in [-0.15, -0.1) is 0 Å². The molecule has 1 saturated heterocycles. The third-order valence-electron chi connectivity index (χ3n) is 7.54. The molecule has 2 aliphatic rings. The maximum Gasteiger partial charge on any atom is 0.319 e. The zero-order valence-electron chi connectivity index (χ0n) is 22.7. The summed E-state index contributed by atoms with van der Waals surface area (Å²) >= 11 is 0. The molecule has 5 rings (SSSR count). The van der Waals surface area contributed by atoms with E-state index in [9.17, 15) is 22.0 Å². The van der Waals surface area contributed by atoms with Crippen molar-refractivity contribution >= 4 is 33.2 Å². The lowest BCUT2D eigenvalue weighted by Crippen LogP contribution is -2.44. The highest BCUT2D eigenvalue weighted by molar-refractivity contribution is 7.71. The Morgan fingerprint density at radius 3 is 2.41 bits per heavy atom. The lowest BCUT2D eigenvalue weighted by molar-refractivity contribution is 0.0985. The van der Waals surface area contributed by atoms with E-state index in [4.69, 9.17) is 14.7 Å². The number of nitrogens with zero attached hydrogens (tertiary/aromatic N) is 3. The molecular formula is C29H31F2N5O4S. The number of urea groups is 1. The normalized spacial score (nSPS) is 18.6. The summed E-state index contributed by atoms with van der Waals surface area (Å²) in [5, 5.41) is 6.72. The summed E-state index contributed by atoms with van der Waals surface area (Å²) in [4.78, 5) is 23.8. The fraction of sp³-hybridized carbons (Fsp3) is 0.379. The maximum absolute atomic E-state index is 14.3. The van der Waals surface area contributed by atoms with Crippen LogP contribution in [0.5, 0.6) is 0 Å². The van der Waals surface area contributed by atoms with Gasteiger partial charge in [-0.05, 0) is 75.1 Å². The highest BCUT2D eigenvalue weighted by Gasteiger charge is 2.33. The van der Waals surface area contributed by atoms with Gasteiger partial charge in [-0.25, -0.2) is 23.5 Å². The van der Waals surface area contributed by atoms with Crippen molar-refractivity contribution < 1.29 is 26.7 Å². The molecule has 1 aromatic heterocycles. The molecule has 2 amide bonds. The number of aromatic nitrogens is 2. The Morgan fingerprint density at radius 2 is 1.80 bits per heavy atom. The first-order chi connectivity index (χ1) is 19.6. The van der Waals surface area contributed by atoms with Crippen LogP contribution in [0.1, 0.15) is 44.4 Å². The third kappa shape index (κ3) is 6.54. The first kappa shape index (κ1) is 28.6. The van der Waals surface area contributed by atoms with Gasteiger partial charge in [0.1, 0.15) is 17.5 Å². The molecule has 1 aliphatic heterocycles. The highest BCUT2D eigenvalue weighted by atomic mass is 32.2. The van der Waals surface area contributed by atoms with Crippen molar-refractivity contribution in [1.29, 1.82) is 0 Å². The standard InChI is InChI=1S/C29H31F2N5O4S/c1-18-16-40-11-10-36(18)26-15-25(29(2,17-41(38)39)20-12-21(30)14-22(31)13-20)34-27(35-26)19-6-8-24(9-7-19)33-28(37)32-23-4-3-5-23/h6-9,12-15,17-18,23H,3-5,10-11,16H2,1-2H3,(H2,32,33,37)/t18-,29?/m0/s1. The molecule has 1 aliphatic carbocycles. The van der Waals surface area contributed by atoms with Crippen LogP contribution in [0.4, 0.5) is 25.1 Å². The molecule has 0 radical (unpaired) electrons. The largest absolute Gasteiger partial charge is 0.377 e. The number of hydrogen-bond acceptors (Lipinski definition) is 7. The van der Waals surface area contributed by atoms with Gasteiger partial charge >= 0.3 is 6.03 Å². The van der Waals surface area contributed by atoms with Crippen LogP contribution < -0.4 is 15.5 Å². The van der Waals surface area contributed by atoms with Gasteiger partial charge in [-0.3, -0.25) is 0 Å². The number of carbonyl (C=O) groups excluding carboxylic acids is 1. The summed E-state index contributed by atoms with van der Waals surface area (Å²) in [5.41, 5.74) is 0.00161. The summed E-state index contributed by atoms with van der Waals surface area (Å²) in [7, 11) is -2.69. The second kappa shape index (κ2) is 11.9. The average Bonchev–Trinajstić information content (AvgIpc) is 2.90. The molecule has 9 nitrogen and oxygen atoms in total. The van der Waals surface area contributed by atoms with E-state index in [0.29, 0.717) is 36.8 Å². The predicted molar refractivity (Wildman–Crippen MR) is 153 cm³/mol. The van der Waals surface area contributed by atoms with E-state index in [0.717, 1.165) is 42.8 Å². The van der Waals surface area contributed by atoms with Gasteiger partial charge in [-0.2, -0.15) is 8.42 Å². The van der Waals surface area contributed by atoms with Crippen LogP contribution in [0.25, 0.3) is 11.4 Å². The summed E-state index contributed by atoms with van der Waals surface area (Å²) in [6.45, 7) is 5.02. The van der Waals surface area contributed by atoms with Crippen LogP contribution in [0.15, 0.2) is 48.5 Å². The zero-order valence-corrected chi connectivity index (χ0v) is 23.5. The molecule has 0 bridgehead atoms. The van der Waals surface area contributed by atoms with Crippen LogP contribution in [0.3, 0.4) is 0 Å². The Balaban J connectivity index is 1.57. The number of carbonyl (C=O) groups is 1. The molecule has 2 N–H and O–H groups in total. The van der Waals surface area contributed by atoms with E-state index in [1.807, 2.05) is 11.8 Å². The van der Waals surface area contributed by atoms with Crippen LogP contribution in [-0.4, -0.2) is 61.6 Å². The Kier molecular flexibility index (Phi) is 8.32. The van der Waals surface area contributed by atoms with E-state index in [2.05, 4.69) is 10.6 Å². The second-order valence-electron chi connectivity index (χ2n) is 10.6. The molecule has 41 heavy (non-hydrogen) atoms. The molecule has 1 unspecified atom stereocenters. The van der Waals surface area contributed by atoms with Crippen molar-refractivity contribution in [2.24, 2.45) is 0 Å². The van der Waals surface area contributed by atoms with E-state index in [-0.39, 0.29) is 35.2 Å². The topological polar surface area (TPSA) is 114 Å². The predicted octanol–water partition coefficient (Wildman–Crippen LogP) is 4.31. The number of benzene rings is 2. The first-order valence-electron chi connectivity index (χ1n) is 13.4. The smallest absolute Gasteiger partial charge is 0.319 e. The fourth-order valence-corrected chi connectivity index (χ4v) is 5.62. The van der Waals surface area contributed by atoms with Gasteiger partial charge in [0.25, 0.3) is 0 Å². The van der Waals surface area contributed by atoms with Crippen molar-refractivity contribution in [3.05, 3.63) is 71.4 Å². The molecule has 2 heterocycles. The van der Waals surface area contributed by atoms with Crippen molar-refractivity contribution in [2.45, 2.75) is 50.6 Å². The first-order valence-corrected chi connectivity index (χ1v) is 14.6. The molecular weight excluding hydrogens is 552 g/mol. The van der Waals surface area contributed by atoms with Gasteiger partial charge in [0, 0.05) is 36.0 Å². The monoisotopic (exact) mass is 583 g/mol. The Morgan fingerprint density at radius 1 is 1.10 bits per heavy atom. The number of halogens is 2. The maximum atomic E-state index is 14.3. The Hall–Kier alpha value is -3.90. The van der Waals surface area contributed by atoms with E-state index in [1.54, 1.807) is 37.3 Å². The van der Waals surface area contributed by atoms with Crippen molar-refractivity contribution in [1.82, 2.24) is 15.3 Å². The minimum atomic E-state index is -2.69. The Bertz CT molecular complexity index is 1550. The highest BCUT2D eigenvalue weighted by Crippen LogP contribution is 2.34. The molecule has 2 atom stereocenters. The van der Waals surface area contributed by atoms with Crippen LogP contribution in [0, 0.1) is 11.6 Å². The van der Waals surface area contributed by atoms with Gasteiger partial charge in [0.2, 0.25) is 10.3 Å². The van der Waals surface area contributed by atoms with Gasteiger partial charge in [-0.1, -0.05) is 0 Å². The molecule has 2 aromatic carbocycles. The van der Waals surface area contributed by atoms with Crippen LogP contribution >= 0.6 is 0 Å². The average molecular weight is 584 g/mol. The summed E-state index contributed by atoms with van der Waals surface area (Å²) < 4.78 is 58.2. The number of rotatable bonds is 7. The van der Waals surface area contributed by atoms with E-state index < -0.39 is 27.3 Å². The Labute approximate surface area is 238 Å². The van der Waals surface area contributed by atoms with Gasteiger partial charge in [0.05, 0.1) is 35.7 Å². The number of nitrogens with one attached hydrogen (secondary N) is 2. The van der Waals surface area contributed by atoms with Crippen molar-refractivity contribution in [3.63, 3.8) is 0 Å². The summed E-state index contributed by atoms with van der Waals surface area (Å²) in [6, 6.07) is 11.4. The zero-order chi connectivity index (χ0) is 29.1. The number of amides is 2. The van der Waals surface area contributed by atoms with Crippen molar-refractivity contribution in [2.75, 3.05) is 30.0 Å². The number of ether oxygens (including phenoxy) is 1. The quantitative estimate of drug-likeness (QED) is 0.399. The molecule has 3 aromatic rings. The summed E-state index contributed by atoms with van der Waals surface area (Å²) in [5.74, 6) is -0.861. The summed E-state index contributed by atoms with van der Waals surface area (Å²) in [6.07, 6.45) is 3.06. The minimum absolute atomic E-state index is 0.0319. The molecule has 216 valence electrons.